The molecule has 0 aromatic heterocycles. The van der Waals surface area contributed by atoms with Crippen molar-refractivity contribution in [2.45, 2.75) is 38.7 Å². The third kappa shape index (κ3) is 3.42. The van der Waals surface area contributed by atoms with Crippen molar-refractivity contribution in [3.05, 3.63) is 0 Å². The van der Waals surface area contributed by atoms with Crippen LogP contribution in [0, 0.1) is 5.92 Å². The Hall–Kier alpha value is -0.610. The molecule has 1 amide bonds. The highest BCUT2D eigenvalue weighted by Crippen LogP contribution is 2.20. The Kier molecular flexibility index (Phi) is 4.80. The summed E-state index contributed by atoms with van der Waals surface area (Å²) in [4.78, 5) is 14.1. The maximum absolute atomic E-state index is 12.1. The quantitative estimate of drug-likeness (QED) is 0.797. The van der Waals surface area contributed by atoms with E-state index in [2.05, 4.69) is 12.2 Å². The summed E-state index contributed by atoms with van der Waals surface area (Å²) in [5.41, 5.74) is 0. The normalized spacial score (nSPS) is 26.4. The Morgan fingerprint density at radius 1 is 1.35 bits per heavy atom. The molecule has 2 fully saturated rings. The molecule has 2 saturated heterocycles. The van der Waals surface area contributed by atoms with E-state index < -0.39 is 0 Å². The molecule has 2 rings (SSSR count). The van der Waals surface area contributed by atoms with Gasteiger partial charge in [0, 0.05) is 19.7 Å². The van der Waals surface area contributed by atoms with E-state index in [0.29, 0.717) is 0 Å². The fraction of sp³-hybridized carbons (Fsp3) is 0.923. The summed E-state index contributed by atoms with van der Waals surface area (Å²) in [7, 11) is 0. The van der Waals surface area contributed by atoms with Crippen molar-refractivity contribution in [1.82, 2.24) is 10.2 Å². The van der Waals surface area contributed by atoms with Crippen LogP contribution in [0.3, 0.4) is 0 Å². The molecule has 0 aliphatic carbocycles. The zero-order valence-electron chi connectivity index (χ0n) is 10.8. The number of hydrogen-bond donors (Lipinski definition) is 1. The third-order valence-electron chi connectivity index (χ3n) is 3.81. The first-order valence-corrected chi connectivity index (χ1v) is 6.92. The average Bonchev–Trinajstić information content (AvgIpc) is 2.90. The zero-order chi connectivity index (χ0) is 12.1. The van der Waals surface area contributed by atoms with Crippen molar-refractivity contribution < 1.29 is 9.53 Å². The second-order valence-electron chi connectivity index (χ2n) is 5.08. The number of nitrogens with one attached hydrogen (secondary N) is 1. The maximum Gasteiger partial charge on any atom is 0.251 e. The molecule has 0 aromatic carbocycles. The van der Waals surface area contributed by atoms with Crippen molar-refractivity contribution in [1.29, 1.82) is 0 Å². The molecule has 0 saturated carbocycles. The van der Waals surface area contributed by atoms with Crippen LogP contribution in [0.5, 0.6) is 0 Å². The van der Waals surface area contributed by atoms with Crippen molar-refractivity contribution in [3.63, 3.8) is 0 Å². The summed E-state index contributed by atoms with van der Waals surface area (Å²) >= 11 is 0. The van der Waals surface area contributed by atoms with E-state index in [1.807, 2.05) is 4.90 Å². The Balaban J connectivity index is 1.72. The van der Waals surface area contributed by atoms with Gasteiger partial charge in [-0.3, -0.25) is 4.79 Å². The van der Waals surface area contributed by atoms with E-state index in [1.54, 1.807) is 0 Å². The van der Waals surface area contributed by atoms with Gasteiger partial charge >= 0.3 is 0 Å². The van der Waals surface area contributed by atoms with Crippen LogP contribution in [0.1, 0.15) is 32.6 Å². The van der Waals surface area contributed by atoms with Gasteiger partial charge in [0.05, 0.1) is 0 Å². The first kappa shape index (κ1) is 12.8. The largest absolute Gasteiger partial charge is 0.368 e. The SMILES string of the molecule is CCNCC1CCN(C(=O)C2CCCO2)CC1. The van der Waals surface area contributed by atoms with Gasteiger partial charge in [0.25, 0.3) is 5.91 Å². The third-order valence-corrected chi connectivity index (χ3v) is 3.81. The van der Waals surface area contributed by atoms with Crippen LogP contribution in [0.25, 0.3) is 0 Å². The number of amides is 1. The fourth-order valence-electron chi connectivity index (χ4n) is 2.68. The Morgan fingerprint density at radius 3 is 2.71 bits per heavy atom. The predicted octanol–water partition coefficient (Wildman–Crippen LogP) is 1.01. The van der Waals surface area contributed by atoms with Crippen LogP contribution in [0.2, 0.25) is 0 Å². The lowest BCUT2D eigenvalue weighted by Crippen LogP contribution is -2.45. The second kappa shape index (κ2) is 6.36. The van der Waals surface area contributed by atoms with Gasteiger partial charge in [0.2, 0.25) is 0 Å². The van der Waals surface area contributed by atoms with Gasteiger partial charge in [-0.2, -0.15) is 0 Å². The molecule has 1 atom stereocenters. The minimum Gasteiger partial charge on any atom is -0.368 e. The van der Waals surface area contributed by atoms with E-state index in [-0.39, 0.29) is 12.0 Å². The number of ether oxygens (including phenoxy) is 1. The lowest BCUT2D eigenvalue weighted by molar-refractivity contribution is -0.142. The van der Waals surface area contributed by atoms with Crippen molar-refractivity contribution in [2.75, 3.05) is 32.8 Å². The molecular weight excluding hydrogens is 216 g/mol. The summed E-state index contributed by atoms with van der Waals surface area (Å²) in [5, 5.41) is 3.39. The lowest BCUT2D eigenvalue weighted by Gasteiger charge is -2.33. The molecule has 2 aliphatic rings. The molecule has 4 nitrogen and oxygen atoms in total. The molecule has 0 bridgehead atoms. The smallest absolute Gasteiger partial charge is 0.251 e. The topological polar surface area (TPSA) is 41.6 Å². The Morgan fingerprint density at radius 2 is 2.12 bits per heavy atom. The molecule has 98 valence electrons. The van der Waals surface area contributed by atoms with Gasteiger partial charge < -0.3 is 15.0 Å². The molecule has 4 heteroatoms. The number of likely N-dealkylation sites (tertiary alicyclic amines) is 1. The molecule has 0 spiro atoms. The monoisotopic (exact) mass is 240 g/mol. The highest BCUT2D eigenvalue weighted by atomic mass is 16.5. The van der Waals surface area contributed by atoms with Crippen molar-refractivity contribution >= 4 is 5.91 Å². The number of piperidine rings is 1. The van der Waals surface area contributed by atoms with E-state index in [0.717, 1.165) is 64.4 Å². The van der Waals surface area contributed by atoms with E-state index >= 15 is 0 Å². The number of rotatable bonds is 4. The number of carbonyl (C=O) groups is 1. The molecule has 2 heterocycles. The van der Waals surface area contributed by atoms with E-state index in [4.69, 9.17) is 4.74 Å². The molecule has 1 unspecified atom stereocenters. The zero-order valence-corrected chi connectivity index (χ0v) is 10.8. The van der Waals surface area contributed by atoms with Crippen molar-refractivity contribution in [2.24, 2.45) is 5.92 Å². The highest BCUT2D eigenvalue weighted by Gasteiger charge is 2.30. The van der Waals surface area contributed by atoms with Crippen LogP contribution in [-0.4, -0.2) is 49.7 Å². The summed E-state index contributed by atoms with van der Waals surface area (Å²) < 4.78 is 5.46. The first-order valence-electron chi connectivity index (χ1n) is 6.92. The minimum absolute atomic E-state index is 0.139. The fourth-order valence-corrected chi connectivity index (χ4v) is 2.68. The van der Waals surface area contributed by atoms with Gasteiger partial charge in [-0.1, -0.05) is 6.92 Å². The molecule has 2 aliphatic heterocycles. The van der Waals surface area contributed by atoms with E-state index in [9.17, 15) is 4.79 Å². The molecule has 0 radical (unpaired) electrons. The molecular formula is C13H24N2O2. The van der Waals surface area contributed by atoms with Crippen LogP contribution < -0.4 is 5.32 Å². The number of hydrogen-bond acceptors (Lipinski definition) is 3. The standard InChI is InChI=1S/C13H24N2O2/c1-2-14-10-11-5-7-15(8-6-11)13(16)12-4-3-9-17-12/h11-12,14H,2-10H2,1H3. The number of nitrogens with zero attached hydrogens (tertiary/aromatic N) is 1. The van der Waals surface area contributed by atoms with Gasteiger partial charge in [-0.25, -0.2) is 0 Å². The minimum atomic E-state index is -0.139. The lowest BCUT2D eigenvalue weighted by atomic mass is 9.96. The average molecular weight is 240 g/mol. The predicted molar refractivity (Wildman–Crippen MR) is 66.8 cm³/mol. The molecule has 1 N–H and O–H groups in total. The summed E-state index contributed by atoms with van der Waals surface area (Å²) in [6.07, 6.45) is 4.07. The van der Waals surface area contributed by atoms with Crippen molar-refractivity contribution in [3.8, 4) is 0 Å². The first-order chi connectivity index (χ1) is 8.31. The van der Waals surface area contributed by atoms with Gasteiger partial charge in [-0.05, 0) is 44.7 Å². The summed E-state index contributed by atoms with van der Waals surface area (Å²) in [6.45, 7) is 6.85. The number of carbonyl (C=O) groups excluding carboxylic acids is 1. The Labute approximate surface area is 104 Å². The van der Waals surface area contributed by atoms with Crippen LogP contribution in [0.15, 0.2) is 0 Å². The van der Waals surface area contributed by atoms with Crippen LogP contribution in [0.4, 0.5) is 0 Å². The van der Waals surface area contributed by atoms with Gasteiger partial charge in [-0.15, -0.1) is 0 Å². The summed E-state index contributed by atoms with van der Waals surface area (Å²) in [6, 6.07) is 0. The van der Waals surface area contributed by atoms with Gasteiger partial charge in [0.15, 0.2) is 0 Å². The maximum atomic E-state index is 12.1. The summed E-state index contributed by atoms with van der Waals surface area (Å²) in [5.74, 6) is 0.966. The highest BCUT2D eigenvalue weighted by molar-refractivity contribution is 5.81. The molecule has 0 aromatic rings. The van der Waals surface area contributed by atoms with Crippen LogP contribution >= 0.6 is 0 Å². The van der Waals surface area contributed by atoms with Crippen LogP contribution in [-0.2, 0) is 9.53 Å². The molecule has 17 heavy (non-hydrogen) atoms. The van der Waals surface area contributed by atoms with E-state index in [1.165, 1.54) is 0 Å². The Bertz CT molecular complexity index is 244. The second-order valence-corrected chi connectivity index (χ2v) is 5.08. The van der Waals surface area contributed by atoms with Gasteiger partial charge in [0.1, 0.15) is 6.10 Å².